The molecular formula is C9H10OS. The molecule has 11 heavy (non-hydrogen) atoms. The van der Waals surface area contributed by atoms with Crippen LogP contribution in [0.25, 0.3) is 0 Å². The second-order valence-corrected chi connectivity index (χ2v) is 3.98. The molecule has 2 unspecified atom stereocenters. The molecule has 0 aromatic carbocycles. The van der Waals surface area contributed by atoms with E-state index in [9.17, 15) is 4.79 Å². The van der Waals surface area contributed by atoms with Gasteiger partial charge in [0.1, 0.15) is 0 Å². The Bertz CT molecular complexity index is 263. The molecule has 1 aromatic heterocycles. The van der Waals surface area contributed by atoms with Gasteiger partial charge in [0.15, 0.2) is 5.78 Å². The average Bonchev–Trinajstić information content (AvgIpc) is 2.56. The van der Waals surface area contributed by atoms with Gasteiger partial charge in [-0.2, -0.15) is 11.3 Å². The van der Waals surface area contributed by atoms with Gasteiger partial charge in [0.2, 0.25) is 0 Å². The summed E-state index contributed by atoms with van der Waals surface area (Å²) in [5.41, 5.74) is 0.907. The third-order valence-electron chi connectivity index (χ3n) is 2.25. The number of carbonyl (C=O) groups is 1. The van der Waals surface area contributed by atoms with Crippen molar-refractivity contribution in [2.45, 2.75) is 13.3 Å². The maximum Gasteiger partial charge on any atom is 0.167 e. The molecule has 2 rings (SSSR count). The predicted octanol–water partition coefficient (Wildman–Crippen LogP) is 2.59. The van der Waals surface area contributed by atoms with Crippen LogP contribution < -0.4 is 0 Å². The van der Waals surface area contributed by atoms with Crippen LogP contribution in [0.4, 0.5) is 0 Å². The van der Waals surface area contributed by atoms with E-state index in [-0.39, 0.29) is 0 Å². The van der Waals surface area contributed by atoms with E-state index in [1.165, 1.54) is 0 Å². The van der Waals surface area contributed by atoms with Crippen molar-refractivity contribution in [1.82, 2.24) is 0 Å². The first-order valence-electron chi connectivity index (χ1n) is 3.85. The number of thiophene rings is 1. The minimum absolute atomic E-state index is 0.338. The Morgan fingerprint density at radius 1 is 1.73 bits per heavy atom. The molecule has 1 aliphatic rings. The lowest BCUT2D eigenvalue weighted by atomic mass is 10.1. The van der Waals surface area contributed by atoms with Crippen LogP contribution in [-0.4, -0.2) is 5.78 Å². The lowest BCUT2D eigenvalue weighted by Gasteiger charge is -1.91. The predicted molar refractivity (Wildman–Crippen MR) is 45.9 cm³/mol. The zero-order chi connectivity index (χ0) is 7.84. The van der Waals surface area contributed by atoms with Crippen LogP contribution in [0.2, 0.25) is 0 Å². The van der Waals surface area contributed by atoms with Crippen LogP contribution >= 0.6 is 11.3 Å². The Balaban J connectivity index is 2.13. The molecule has 2 atom stereocenters. The molecule has 1 saturated carbocycles. The summed E-state index contributed by atoms with van der Waals surface area (Å²) >= 11 is 1.59. The number of hydrogen-bond donors (Lipinski definition) is 0. The third kappa shape index (κ3) is 1.23. The van der Waals surface area contributed by atoms with Gasteiger partial charge in [-0.3, -0.25) is 4.79 Å². The van der Waals surface area contributed by atoms with Gasteiger partial charge in [0, 0.05) is 16.9 Å². The highest BCUT2D eigenvalue weighted by Gasteiger charge is 2.39. The molecule has 0 aliphatic heterocycles. The smallest absolute Gasteiger partial charge is 0.167 e. The highest BCUT2D eigenvalue weighted by Crippen LogP contribution is 2.40. The monoisotopic (exact) mass is 166 g/mol. The van der Waals surface area contributed by atoms with Gasteiger partial charge in [-0.05, 0) is 23.8 Å². The quantitative estimate of drug-likeness (QED) is 0.617. The second-order valence-electron chi connectivity index (χ2n) is 3.20. The van der Waals surface area contributed by atoms with Crippen LogP contribution in [0.15, 0.2) is 16.8 Å². The van der Waals surface area contributed by atoms with Crippen molar-refractivity contribution in [3.63, 3.8) is 0 Å². The molecule has 1 fully saturated rings. The molecule has 0 N–H and O–H groups in total. The summed E-state index contributed by atoms with van der Waals surface area (Å²) in [5, 5.41) is 3.90. The van der Waals surface area contributed by atoms with E-state index in [2.05, 4.69) is 6.92 Å². The minimum Gasteiger partial charge on any atom is -0.294 e. The van der Waals surface area contributed by atoms with Crippen LogP contribution in [0.3, 0.4) is 0 Å². The van der Waals surface area contributed by atoms with Crippen molar-refractivity contribution in [3.8, 4) is 0 Å². The molecule has 1 heterocycles. The summed E-state index contributed by atoms with van der Waals surface area (Å²) in [6.07, 6.45) is 1.09. The molecule has 0 saturated heterocycles. The molecule has 0 radical (unpaired) electrons. The van der Waals surface area contributed by atoms with Crippen LogP contribution in [0.5, 0.6) is 0 Å². The Kier molecular flexibility index (Phi) is 1.57. The summed E-state index contributed by atoms with van der Waals surface area (Å²) in [6, 6.07) is 1.91. The Morgan fingerprint density at radius 3 is 2.91 bits per heavy atom. The topological polar surface area (TPSA) is 17.1 Å². The highest BCUT2D eigenvalue weighted by atomic mass is 32.1. The van der Waals surface area contributed by atoms with Gasteiger partial charge in [-0.1, -0.05) is 6.92 Å². The van der Waals surface area contributed by atoms with Crippen molar-refractivity contribution in [1.29, 1.82) is 0 Å². The number of Topliss-reactive ketones (excluding diaryl/α,β-unsaturated/α-hetero) is 1. The summed E-state index contributed by atoms with van der Waals surface area (Å²) in [7, 11) is 0. The molecule has 0 amide bonds. The van der Waals surface area contributed by atoms with Crippen molar-refractivity contribution >= 4 is 17.1 Å². The standard InChI is InChI=1S/C9H10OS/c1-6-4-8(6)9(10)7-2-3-11-5-7/h2-3,5-6,8H,4H2,1H3. The van der Waals surface area contributed by atoms with Gasteiger partial charge in [0.25, 0.3) is 0 Å². The summed E-state index contributed by atoms with van der Waals surface area (Å²) in [4.78, 5) is 11.5. The molecule has 1 nitrogen and oxygen atoms in total. The normalized spacial score (nSPS) is 28.5. The van der Waals surface area contributed by atoms with Gasteiger partial charge >= 0.3 is 0 Å². The number of rotatable bonds is 2. The number of carbonyl (C=O) groups excluding carboxylic acids is 1. The van der Waals surface area contributed by atoms with Crippen LogP contribution in [0, 0.1) is 11.8 Å². The van der Waals surface area contributed by atoms with E-state index < -0.39 is 0 Å². The lowest BCUT2D eigenvalue weighted by molar-refractivity contribution is 0.0963. The first kappa shape index (κ1) is 7.04. The van der Waals surface area contributed by atoms with Crippen molar-refractivity contribution in [2.75, 3.05) is 0 Å². The Labute approximate surface area is 70.1 Å². The van der Waals surface area contributed by atoms with E-state index >= 15 is 0 Å². The highest BCUT2D eigenvalue weighted by molar-refractivity contribution is 7.08. The van der Waals surface area contributed by atoms with E-state index in [1.54, 1.807) is 11.3 Å². The van der Waals surface area contributed by atoms with E-state index in [1.807, 2.05) is 16.8 Å². The molecule has 58 valence electrons. The fourth-order valence-corrected chi connectivity index (χ4v) is 1.95. The average molecular weight is 166 g/mol. The molecule has 1 aromatic rings. The number of hydrogen-bond acceptors (Lipinski definition) is 2. The molecule has 0 bridgehead atoms. The van der Waals surface area contributed by atoms with E-state index in [0.717, 1.165) is 12.0 Å². The third-order valence-corrected chi connectivity index (χ3v) is 2.94. The second kappa shape index (κ2) is 2.45. The van der Waals surface area contributed by atoms with Gasteiger partial charge in [-0.15, -0.1) is 0 Å². The first-order valence-corrected chi connectivity index (χ1v) is 4.79. The van der Waals surface area contributed by atoms with E-state index in [0.29, 0.717) is 17.6 Å². The SMILES string of the molecule is CC1CC1C(=O)c1ccsc1. The zero-order valence-electron chi connectivity index (χ0n) is 6.41. The van der Waals surface area contributed by atoms with Crippen LogP contribution in [-0.2, 0) is 0 Å². The summed E-state index contributed by atoms with van der Waals surface area (Å²) in [5.74, 6) is 1.31. The van der Waals surface area contributed by atoms with Gasteiger partial charge in [-0.25, -0.2) is 0 Å². The van der Waals surface area contributed by atoms with Crippen molar-refractivity contribution < 1.29 is 4.79 Å². The van der Waals surface area contributed by atoms with E-state index in [4.69, 9.17) is 0 Å². The molecule has 0 spiro atoms. The van der Waals surface area contributed by atoms with Crippen LogP contribution in [0.1, 0.15) is 23.7 Å². The fraction of sp³-hybridized carbons (Fsp3) is 0.444. The van der Waals surface area contributed by atoms with Gasteiger partial charge < -0.3 is 0 Å². The first-order chi connectivity index (χ1) is 5.29. The van der Waals surface area contributed by atoms with Gasteiger partial charge in [0.05, 0.1) is 0 Å². The maximum absolute atomic E-state index is 11.5. The largest absolute Gasteiger partial charge is 0.294 e. The Morgan fingerprint density at radius 2 is 2.45 bits per heavy atom. The molecular weight excluding hydrogens is 156 g/mol. The molecule has 2 heteroatoms. The lowest BCUT2D eigenvalue weighted by Crippen LogP contribution is -2.00. The Hall–Kier alpha value is -0.630. The van der Waals surface area contributed by atoms with Crippen molar-refractivity contribution in [2.24, 2.45) is 11.8 Å². The zero-order valence-corrected chi connectivity index (χ0v) is 7.23. The van der Waals surface area contributed by atoms with Crippen molar-refractivity contribution in [3.05, 3.63) is 22.4 Å². The molecule has 1 aliphatic carbocycles. The summed E-state index contributed by atoms with van der Waals surface area (Å²) < 4.78 is 0. The number of ketones is 1. The summed E-state index contributed by atoms with van der Waals surface area (Å²) in [6.45, 7) is 2.13. The fourth-order valence-electron chi connectivity index (χ4n) is 1.31. The maximum atomic E-state index is 11.5. The minimum atomic E-state index is 0.338.